The van der Waals surface area contributed by atoms with Crippen LogP contribution in [0.25, 0.3) is 0 Å². The molecule has 2 rings (SSSR count). The Morgan fingerprint density at radius 2 is 1.74 bits per heavy atom. The summed E-state index contributed by atoms with van der Waals surface area (Å²) in [6.45, 7) is 0.435. The van der Waals surface area contributed by atoms with Crippen LogP contribution in [0.2, 0.25) is 0 Å². The standard InChI is InChI=1S/C11H12F3O4P/c12-11(13,14)10-4-2-9(3-5-10)8-18-19(15)16-6-1-7-17-19/h2-5H,1,6-8H2. The maximum absolute atomic E-state index is 12.3. The fraction of sp³-hybridized carbons (Fsp3) is 0.455. The first kappa shape index (κ1) is 14.5. The Labute approximate surface area is 108 Å². The molecule has 1 saturated heterocycles. The lowest BCUT2D eigenvalue weighted by Crippen LogP contribution is -2.10. The quantitative estimate of drug-likeness (QED) is 0.796. The van der Waals surface area contributed by atoms with E-state index in [-0.39, 0.29) is 19.8 Å². The molecule has 8 heteroatoms. The Balaban J connectivity index is 1.95. The van der Waals surface area contributed by atoms with E-state index < -0.39 is 19.6 Å². The van der Waals surface area contributed by atoms with Gasteiger partial charge >= 0.3 is 14.0 Å². The van der Waals surface area contributed by atoms with Crippen molar-refractivity contribution in [2.75, 3.05) is 13.2 Å². The molecule has 0 radical (unpaired) electrons. The molecule has 0 saturated carbocycles. The second-order valence-corrected chi connectivity index (χ2v) is 5.60. The van der Waals surface area contributed by atoms with Crippen molar-refractivity contribution in [3.8, 4) is 0 Å². The van der Waals surface area contributed by atoms with Crippen molar-refractivity contribution in [1.82, 2.24) is 0 Å². The van der Waals surface area contributed by atoms with Crippen LogP contribution < -0.4 is 0 Å². The van der Waals surface area contributed by atoms with E-state index in [0.717, 1.165) is 12.1 Å². The molecule has 1 aliphatic rings. The lowest BCUT2D eigenvalue weighted by molar-refractivity contribution is -0.137. The highest BCUT2D eigenvalue weighted by molar-refractivity contribution is 7.48. The van der Waals surface area contributed by atoms with Gasteiger partial charge in [0.05, 0.1) is 25.4 Å². The van der Waals surface area contributed by atoms with E-state index in [9.17, 15) is 17.7 Å². The first-order valence-electron chi connectivity index (χ1n) is 5.59. The first-order valence-corrected chi connectivity index (χ1v) is 7.05. The summed E-state index contributed by atoms with van der Waals surface area (Å²) in [5.41, 5.74) is -0.283. The van der Waals surface area contributed by atoms with Crippen molar-refractivity contribution in [2.24, 2.45) is 0 Å². The number of hydrogen-bond acceptors (Lipinski definition) is 4. The molecule has 106 valence electrons. The lowest BCUT2D eigenvalue weighted by atomic mass is 10.1. The molecule has 0 aliphatic carbocycles. The van der Waals surface area contributed by atoms with Gasteiger partial charge in [-0.1, -0.05) is 12.1 Å². The number of phosphoric ester groups is 1. The second kappa shape index (κ2) is 5.63. The minimum absolute atomic E-state index is 0.130. The van der Waals surface area contributed by atoms with Gasteiger partial charge in [0.25, 0.3) is 0 Å². The molecule has 1 fully saturated rings. The zero-order chi connectivity index (χ0) is 13.9. The summed E-state index contributed by atoms with van der Waals surface area (Å²) in [5.74, 6) is 0. The molecule has 0 bridgehead atoms. The number of alkyl halides is 3. The topological polar surface area (TPSA) is 44.8 Å². The number of halogens is 3. The minimum Gasteiger partial charge on any atom is -0.287 e. The summed E-state index contributed by atoms with van der Waals surface area (Å²) in [6, 6.07) is 4.41. The Morgan fingerprint density at radius 1 is 1.16 bits per heavy atom. The Hall–Kier alpha value is -0.880. The predicted molar refractivity (Wildman–Crippen MR) is 60.4 cm³/mol. The van der Waals surface area contributed by atoms with Gasteiger partial charge in [0.1, 0.15) is 0 Å². The van der Waals surface area contributed by atoms with Crippen LogP contribution in [0.1, 0.15) is 17.5 Å². The highest BCUT2D eigenvalue weighted by Gasteiger charge is 2.31. The van der Waals surface area contributed by atoms with E-state index >= 15 is 0 Å². The van der Waals surface area contributed by atoms with Gasteiger partial charge in [-0.15, -0.1) is 0 Å². The van der Waals surface area contributed by atoms with Gasteiger partial charge in [0.15, 0.2) is 0 Å². The van der Waals surface area contributed by atoms with Gasteiger partial charge in [0, 0.05) is 0 Å². The molecule has 4 nitrogen and oxygen atoms in total. The third kappa shape index (κ3) is 4.04. The molecule has 0 unspecified atom stereocenters. The molecule has 1 heterocycles. The van der Waals surface area contributed by atoms with E-state index in [0.29, 0.717) is 12.0 Å². The summed E-state index contributed by atoms with van der Waals surface area (Å²) in [5, 5.41) is 0. The molecule has 1 aliphatic heterocycles. The summed E-state index contributed by atoms with van der Waals surface area (Å²) in [7, 11) is -3.55. The SMILES string of the molecule is O=P1(OCc2ccc(C(F)(F)F)cc2)OCCCO1. The molecule has 19 heavy (non-hydrogen) atoms. The summed E-state index contributed by atoms with van der Waals surface area (Å²) in [4.78, 5) is 0. The van der Waals surface area contributed by atoms with Gasteiger partial charge in [-0.2, -0.15) is 13.2 Å². The summed E-state index contributed by atoms with van der Waals surface area (Å²) >= 11 is 0. The number of phosphoric acid groups is 1. The average molecular weight is 296 g/mol. The molecule has 1 aromatic carbocycles. The van der Waals surface area contributed by atoms with Crippen LogP contribution in [-0.2, 0) is 30.9 Å². The van der Waals surface area contributed by atoms with Crippen molar-refractivity contribution >= 4 is 7.82 Å². The van der Waals surface area contributed by atoms with Gasteiger partial charge < -0.3 is 0 Å². The smallest absolute Gasteiger partial charge is 0.287 e. The van der Waals surface area contributed by atoms with Crippen LogP contribution >= 0.6 is 7.82 Å². The molecular weight excluding hydrogens is 284 g/mol. The molecule has 0 N–H and O–H groups in total. The summed E-state index contributed by atoms with van der Waals surface area (Å²) in [6.07, 6.45) is -3.74. The van der Waals surface area contributed by atoms with Crippen LogP contribution in [-0.4, -0.2) is 13.2 Å². The molecule has 0 aromatic heterocycles. The van der Waals surface area contributed by atoms with Crippen LogP contribution in [0.3, 0.4) is 0 Å². The number of benzene rings is 1. The largest absolute Gasteiger partial charge is 0.475 e. The van der Waals surface area contributed by atoms with Crippen molar-refractivity contribution < 1.29 is 31.3 Å². The minimum atomic E-state index is -4.37. The first-order chi connectivity index (χ1) is 8.89. The fourth-order valence-electron chi connectivity index (χ4n) is 1.47. The van der Waals surface area contributed by atoms with Crippen LogP contribution in [0.4, 0.5) is 13.2 Å². The van der Waals surface area contributed by atoms with Gasteiger partial charge in [-0.05, 0) is 24.1 Å². The monoisotopic (exact) mass is 296 g/mol. The fourth-order valence-corrected chi connectivity index (χ4v) is 2.70. The second-order valence-electron chi connectivity index (χ2n) is 3.94. The molecule has 0 amide bonds. The van der Waals surface area contributed by atoms with Crippen LogP contribution in [0, 0.1) is 0 Å². The van der Waals surface area contributed by atoms with E-state index in [1.165, 1.54) is 12.1 Å². The predicted octanol–water partition coefficient (Wildman–Crippen LogP) is 3.77. The highest BCUT2D eigenvalue weighted by Crippen LogP contribution is 2.52. The van der Waals surface area contributed by atoms with Crippen LogP contribution in [0.15, 0.2) is 24.3 Å². The third-order valence-electron chi connectivity index (χ3n) is 2.46. The molecule has 0 atom stereocenters. The Bertz CT molecular complexity index is 462. The Morgan fingerprint density at radius 3 is 2.26 bits per heavy atom. The van der Waals surface area contributed by atoms with Crippen LogP contribution in [0.5, 0.6) is 0 Å². The van der Waals surface area contributed by atoms with Gasteiger partial charge in [0.2, 0.25) is 0 Å². The third-order valence-corrected chi connectivity index (χ3v) is 3.90. The lowest BCUT2D eigenvalue weighted by Gasteiger charge is -2.21. The molecular formula is C11H12F3O4P. The Kier molecular flexibility index (Phi) is 4.30. The van der Waals surface area contributed by atoms with E-state index in [2.05, 4.69) is 0 Å². The zero-order valence-corrected chi connectivity index (χ0v) is 10.7. The van der Waals surface area contributed by atoms with Crippen molar-refractivity contribution in [2.45, 2.75) is 19.2 Å². The van der Waals surface area contributed by atoms with Crippen molar-refractivity contribution in [3.05, 3.63) is 35.4 Å². The van der Waals surface area contributed by atoms with Gasteiger partial charge in [-0.25, -0.2) is 4.57 Å². The zero-order valence-electron chi connectivity index (χ0n) is 9.85. The number of hydrogen-bond donors (Lipinski definition) is 0. The van der Waals surface area contributed by atoms with E-state index in [1.54, 1.807) is 0 Å². The van der Waals surface area contributed by atoms with Crippen molar-refractivity contribution in [1.29, 1.82) is 0 Å². The maximum Gasteiger partial charge on any atom is 0.475 e. The molecule has 1 aromatic rings. The maximum atomic E-state index is 12.3. The summed E-state index contributed by atoms with van der Waals surface area (Å²) < 4.78 is 63.6. The normalized spacial score (nSPS) is 19.3. The average Bonchev–Trinajstić information content (AvgIpc) is 2.37. The molecule has 0 spiro atoms. The number of rotatable bonds is 3. The highest BCUT2D eigenvalue weighted by atomic mass is 31.2. The van der Waals surface area contributed by atoms with E-state index in [1.807, 2.05) is 0 Å². The van der Waals surface area contributed by atoms with Crippen molar-refractivity contribution in [3.63, 3.8) is 0 Å². The van der Waals surface area contributed by atoms with Gasteiger partial charge in [-0.3, -0.25) is 13.6 Å². The van der Waals surface area contributed by atoms with E-state index in [4.69, 9.17) is 13.6 Å².